The molecular weight excluding hydrogens is 278 g/mol. The van der Waals surface area contributed by atoms with Gasteiger partial charge in [-0.1, -0.05) is 12.1 Å². The second-order valence-corrected chi connectivity index (χ2v) is 4.20. The fourth-order valence-electron chi connectivity index (χ4n) is 1.66. The van der Waals surface area contributed by atoms with Crippen molar-refractivity contribution in [2.45, 2.75) is 6.61 Å². The molecule has 106 valence electrons. The number of anilines is 1. The molecule has 6 heteroatoms. The molecule has 4 nitrogen and oxygen atoms in total. The van der Waals surface area contributed by atoms with Crippen LogP contribution in [-0.4, -0.2) is 5.97 Å². The lowest BCUT2D eigenvalue weighted by molar-refractivity contribution is 0.0468. The molecule has 2 aromatic rings. The largest absolute Gasteiger partial charge is 0.457 e. The van der Waals surface area contributed by atoms with Gasteiger partial charge in [0, 0.05) is 5.56 Å². The maximum absolute atomic E-state index is 13.8. The van der Waals surface area contributed by atoms with Gasteiger partial charge in [0.05, 0.1) is 16.8 Å². The van der Waals surface area contributed by atoms with Crippen molar-refractivity contribution in [2.24, 2.45) is 0 Å². The number of esters is 1. The lowest BCUT2D eigenvalue weighted by Gasteiger charge is -2.07. The van der Waals surface area contributed by atoms with E-state index < -0.39 is 17.6 Å². The molecular formula is C15H10F2N2O2. The number of benzene rings is 2. The Morgan fingerprint density at radius 2 is 2.05 bits per heavy atom. The molecule has 0 spiro atoms. The Kier molecular flexibility index (Phi) is 4.14. The van der Waals surface area contributed by atoms with Crippen molar-refractivity contribution >= 4 is 11.7 Å². The maximum atomic E-state index is 13.8. The van der Waals surface area contributed by atoms with E-state index in [1.807, 2.05) is 0 Å². The fourth-order valence-corrected chi connectivity index (χ4v) is 1.66. The Morgan fingerprint density at radius 1 is 1.29 bits per heavy atom. The van der Waals surface area contributed by atoms with Crippen LogP contribution in [0, 0.1) is 23.0 Å². The normalized spacial score (nSPS) is 9.95. The highest BCUT2D eigenvalue weighted by Gasteiger charge is 2.13. The Labute approximate surface area is 119 Å². The van der Waals surface area contributed by atoms with Gasteiger partial charge in [-0.05, 0) is 24.3 Å². The minimum absolute atomic E-state index is 0.0291. The number of carbonyl (C=O) groups is 1. The van der Waals surface area contributed by atoms with Gasteiger partial charge in [0.2, 0.25) is 0 Å². The Morgan fingerprint density at radius 3 is 2.71 bits per heavy atom. The van der Waals surface area contributed by atoms with E-state index in [1.165, 1.54) is 30.3 Å². The molecule has 2 N–H and O–H groups in total. The van der Waals surface area contributed by atoms with Crippen molar-refractivity contribution in [1.29, 1.82) is 5.26 Å². The first-order valence-corrected chi connectivity index (χ1v) is 5.92. The summed E-state index contributed by atoms with van der Waals surface area (Å²) in [6.07, 6.45) is 0. The van der Waals surface area contributed by atoms with E-state index in [0.29, 0.717) is 0 Å². The third-order valence-electron chi connectivity index (χ3n) is 2.79. The Balaban J connectivity index is 2.11. The maximum Gasteiger partial charge on any atom is 0.338 e. The van der Waals surface area contributed by atoms with Crippen LogP contribution in [0.2, 0.25) is 0 Å². The summed E-state index contributed by atoms with van der Waals surface area (Å²) in [5.74, 6) is -2.28. The smallest absolute Gasteiger partial charge is 0.338 e. The molecule has 0 amide bonds. The van der Waals surface area contributed by atoms with Crippen LogP contribution in [0.15, 0.2) is 36.4 Å². The number of halogens is 2. The highest BCUT2D eigenvalue weighted by Crippen LogP contribution is 2.16. The zero-order chi connectivity index (χ0) is 15.4. The number of nitrogens with zero attached hydrogens (tertiary/aromatic N) is 1. The van der Waals surface area contributed by atoms with E-state index in [4.69, 9.17) is 15.7 Å². The van der Waals surface area contributed by atoms with E-state index >= 15 is 0 Å². The van der Waals surface area contributed by atoms with E-state index in [1.54, 1.807) is 6.07 Å². The molecule has 2 aromatic carbocycles. The number of ether oxygens (including phenoxy) is 1. The summed E-state index contributed by atoms with van der Waals surface area (Å²) in [6, 6.07) is 9.37. The quantitative estimate of drug-likeness (QED) is 0.696. The molecule has 0 aliphatic carbocycles. The molecule has 0 aromatic heterocycles. The van der Waals surface area contributed by atoms with Crippen LogP contribution in [-0.2, 0) is 11.3 Å². The molecule has 2 rings (SSSR count). The van der Waals surface area contributed by atoms with E-state index in [0.717, 1.165) is 6.07 Å². The summed E-state index contributed by atoms with van der Waals surface area (Å²) in [7, 11) is 0. The van der Waals surface area contributed by atoms with Crippen LogP contribution in [0.1, 0.15) is 21.5 Å². The number of nitrogen functional groups attached to an aromatic ring is 1. The molecule has 0 bridgehead atoms. The summed E-state index contributed by atoms with van der Waals surface area (Å²) in [4.78, 5) is 11.7. The van der Waals surface area contributed by atoms with Gasteiger partial charge in [0.25, 0.3) is 0 Å². The third-order valence-corrected chi connectivity index (χ3v) is 2.79. The molecule has 0 saturated carbocycles. The van der Waals surface area contributed by atoms with Crippen LogP contribution >= 0.6 is 0 Å². The van der Waals surface area contributed by atoms with Crippen molar-refractivity contribution in [2.75, 3.05) is 5.73 Å². The van der Waals surface area contributed by atoms with Crippen molar-refractivity contribution in [3.8, 4) is 6.07 Å². The second kappa shape index (κ2) is 6.01. The zero-order valence-corrected chi connectivity index (χ0v) is 10.8. The van der Waals surface area contributed by atoms with Crippen LogP contribution in [0.5, 0.6) is 0 Å². The van der Waals surface area contributed by atoms with Gasteiger partial charge in [-0.25, -0.2) is 13.6 Å². The molecule has 0 aliphatic heterocycles. The van der Waals surface area contributed by atoms with Crippen molar-refractivity contribution in [1.82, 2.24) is 0 Å². The predicted octanol–water partition coefficient (Wildman–Crippen LogP) is 2.78. The highest BCUT2D eigenvalue weighted by molar-refractivity contribution is 5.89. The summed E-state index contributed by atoms with van der Waals surface area (Å²) in [6.45, 7) is -0.355. The van der Waals surface area contributed by atoms with Gasteiger partial charge in [0.15, 0.2) is 0 Å². The lowest BCUT2D eigenvalue weighted by atomic mass is 10.1. The molecule has 0 fully saturated rings. The van der Waals surface area contributed by atoms with Crippen LogP contribution in [0.4, 0.5) is 14.5 Å². The topological polar surface area (TPSA) is 76.1 Å². The van der Waals surface area contributed by atoms with Crippen molar-refractivity contribution in [3.63, 3.8) is 0 Å². The SMILES string of the molecule is N#Cc1cccc(COC(=O)c2ccc(N)c(F)c2)c1F. The highest BCUT2D eigenvalue weighted by atomic mass is 19.1. The molecule has 0 radical (unpaired) electrons. The molecule has 21 heavy (non-hydrogen) atoms. The number of nitrogens with two attached hydrogens (primary N) is 1. The average Bonchev–Trinajstić information content (AvgIpc) is 2.48. The van der Waals surface area contributed by atoms with Crippen LogP contribution in [0.3, 0.4) is 0 Å². The van der Waals surface area contributed by atoms with Gasteiger partial charge in [-0.2, -0.15) is 5.26 Å². The number of hydrogen-bond donors (Lipinski definition) is 1. The van der Waals surface area contributed by atoms with Gasteiger partial charge in [0.1, 0.15) is 24.3 Å². The average molecular weight is 288 g/mol. The number of rotatable bonds is 3. The van der Waals surface area contributed by atoms with Crippen molar-refractivity contribution < 1.29 is 18.3 Å². The second-order valence-electron chi connectivity index (χ2n) is 4.20. The third kappa shape index (κ3) is 3.15. The summed E-state index contributed by atoms with van der Waals surface area (Å²) >= 11 is 0. The molecule has 0 unspecified atom stereocenters. The van der Waals surface area contributed by atoms with Crippen LogP contribution in [0.25, 0.3) is 0 Å². The number of nitriles is 1. The molecule has 0 aliphatic rings. The van der Waals surface area contributed by atoms with E-state index in [-0.39, 0.29) is 29.0 Å². The van der Waals surface area contributed by atoms with E-state index in [2.05, 4.69) is 0 Å². The van der Waals surface area contributed by atoms with Crippen LogP contribution < -0.4 is 5.73 Å². The zero-order valence-electron chi connectivity index (χ0n) is 10.8. The predicted molar refractivity (Wildman–Crippen MR) is 71.0 cm³/mol. The summed E-state index contributed by atoms with van der Waals surface area (Å²) in [5.41, 5.74) is 5.12. The Bertz CT molecular complexity index is 739. The van der Waals surface area contributed by atoms with Gasteiger partial charge < -0.3 is 10.5 Å². The van der Waals surface area contributed by atoms with Gasteiger partial charge >= 0.3 is 5.97 Å². The van der Waals surface area contributed by atoms with Gasteiger partial charge in [-0.3, -0.25) is 0 Å². The van der Waals surface area contributed by atoms with E-state index in [9.17, 15) is 13.6 Å². The monoisotopic (exact) mass is 288 g/mol. The first kappa shape index (κ1) is 14.5. The minimum atomic E-state index is -0.810. The van der Waals surface area contributed by atoms with Gasteiger partial charge in [-0.15, -0.1) is 0 Å². The number of hydrogen-bond acceptors (Lipinski definition) is 4. The lowest BCUT2D eigenvalue weighted by Crippen LogP contribution is -2.07. The first-order chi connectivity index (χ1) is 10.0. The molecule has 0 saturated heterocycles. The Hall–Kier alpha value is -2.94. The summed E-state index contributed by atoms with van der Waals surface area (Å²) < 4.78 is 31.9. The summed E-state index contributed by atoms with van der Waals surface area (Å²) in [5, 5.41) is 8.70. The number of carbonyl (C=O) groups excluding carboxylic acids is 1. The minimum Gasteiger partial charge on any atom is -0.457 e. The molecule has 0 heterocycles. The first-order valence-electron chi connectivity index (χ1n) is 5.92. The van der Waals surface area contributed by atoms with Crippen molar-refractivity contribution in [3.05, 3.63) is 64.7 Å². The molecule has 0 atom stereocenters. The fraction of sp³-hybridized carbons (Fsp3) is 0.0667. The standard InChI is InChI=1S/C15H10F2N2O2/c16-12-6-9(4-5-13(12)19)15(20)21-8-11-3-1-2-10(7-18)14(11)17/h1-6H,8,19H2.